The third-order valence-corrected chi connectivity index (χ3v) is 4.61. The van der Waals surface area contributed by atoms with E-state index in [2.05, 4.69) is 10.4 Å². The molecule has 1 heterocycles. The molecule has 138 valence electrons. The summed E-state index contributed by atoms with van der Waals surface area (Å²) in [6.45, 7) is 0.450. The van der Waals surface area contributed by atoms with Crippen LogP contribution in [0, 0.1) is 0 Å². The first-order valence-corrected chi connectivity index (χ1v) is 9.31. The molecule has 0 spiro atoms. The van der Waals surface area contributed by atoms with Gasteiger partial charge in [0.05, 0.1) is 11.3 Å². The van der Waals surface area contributed by atoms with Crippen molar-refractivity contribution in [2.24, 2.45) is 0 Å². The van der Waals surface area contributed by atoms with Gasteiger partial charge in [0.15, 0.2) is 0 Å². The molecule has 4 rings (SSSR count). The molecule has 0 fully saturated rings. The first-order chi connectivity index (χ1) is 13.7. The van der Waals surface area contributed by atoms with Crippen molar-refractivity contribution < 1.29 is 4.79 Å². The SMILES string of the molecule is O=C(NCc1ccccc1)c1cn(-c2ccccc2)nc1-c1cccc(Cl)c1. The van der Waals surface area contributed by atoms with Gasteiger partial charge in [-0.25, -0.2) is 4.68 Å². The Labute approximate surface area is 168 Å². The van der Waals surface area contributed by atoms with Crippen molar-refractivity contribution in [1.29, 1.82) is 0 Å². The molecule has 3 aromatic carbocycles. The zero-order valence-electron chi connectivity index (χ0n) is 15.0. The van der Waals surface area contributed by atoms with Gasteiger partial charge in [-0.3, -0.25) is 4.79 Å². The molecule has 4 aromatic rings. The second kappa shape index (κ2) is 8.11. The van der Waals surface area contributed by atoms with E-state index in [1.54, 1.807) is 16.9 Å². The fourth-order valence-electron chi connectivity index (χ4n) is 2.98. The van der Waals surface area contributed by atoms with E-state index in [1.165, 1.54) is 0 Å². The predicted octanol–water partition coefficient (Wildman–Crippen LogP) is 5.12. The molecule has 28 heavy (non-hydrogen) atoms. The van der Waals surface area contributed by atoms with Gasteiger partial charge < -0.3 is 5.32 Å². The van der Waals surface area contributed by atoms with Crippen LogP contribution in [0.15, 0.2) is 91.1 Å². The van der Waals surface area contributed by atoms with E-state index in [1.807, 2.05) is 78.9 Å². The van der Waals surface area contributed by atoms with Gasteiger partial charge in [-0.2, -0.15) is 5.10 Å². The molecule has 0 atom stereocenters. The fourth-order valence-corrected chi connectivity index (χ4v) is 3.17. The van der Waals surface area contributed by atoms with Gasteiger partial charge in [0, 0.05) is 23.3 Å². The van der Waals surface area contributed by atoms with Crippen LogP contribution in [0.1, 0.15) is 15.9 Å². The van der Waals surface area contributed by atoms with Crippen LogP contribution in [0.3, 0.4) is 0 Å². The van der Waals surface area contributed by atoms with Crippen LogP contribution in [-0.2, 0) is 6.54 Å². The maximum Gasteiger partial charge on any atom is 0.255 e. The van der Waals surface area contributed by atoms with Gasteiger partial charge in [0.1, 0.15) is 5.69 Å². The van der Waals surface area contributed by atoms with Crippen LogP contribution in [-0.4, -0.2) is 15.7 Å². The Hall–Kier alpha value is -3.37. The summed E-state index contributed by atoms with van der Waals surface area (Å²) in [5.74, 6) is -0.180. The molecule has 5 heteroatoms. The van der Waals surface area contributed by atoms with E-state index in [0.717, 1.165) is 16.8 Å². The van der Waals surface area contributed by atoms with Crippen LogP contribution < -0.4 is 5.32 Å². The lowest BCUT2D eigenvalue weighted by molar-refractivity contribution is 0.0951. The molecular formula is C23H18ClN3O. The number of hydrogen-bond acceptors (Lipinski definition) is 2. The highest BCUT2D eigenvalue weighted by atomic mass is 35.5. The van der Waals surface area contributed by atoms with Gasteiger partial charge in [-0.05, 0) is 29.8 Å². The molecule has 0 radical (unpaired) electrons. The number of aromatic nitrogens is 2. The molecule has 1 N–H and O–H groups in total. The van der Waals surface area contributed by atoms with Crippen LogP contribution in [0.25, 0.3) is 16.9 Å². The quantitative estimate of drug-likeness (QED) is 0.516. The third kappa shape index (κ3) is 3.97. The van der Waals surface area contributed by atoms with Crippen LogP contribution in [0.2, 0.25) is 5.02 Å². The van der Waals surface area contributed by atoms with Gasteiger partial charge >= 0.3 is 0 Å². The number of rotatable bonds is 5. The molecule has 1 amide bonds. The van der Waals surface area contributed by atoms with Gasteiger partial charge in [-0.15, -0.1) is 0 Å². The van der Waals surface area contributed by atoms with Crippen molar-refractivity contribution in [2.75, 3.05) is 0 Å². The van der Waals surface area contributed by atoms with Crippen LogP contribution >= 0.6 is 11.6 Å². The summed E-state index contributed by atoms with van der Waals surface area (Å²) in [6, 6.07) is 26.9. The van der Waals surface area contributed by atoms with Crippen molar-refractivity contribution in [3.8, 4) is 16.9 Å². The molecule has 0 saturated heterocycles. The van der Waals surface area contributed by atoms with Crippen molar-refractivity contribution in [2.45, 2.75) is 6.54 Å². The van der Waals surface area contributed by atoms with E-state index in [4.69, 9.17) is 11.6 Å². The zero-order chi connectivity index (χ0) is 19.3. The van der Waals surface area contributed by atoms with Crippen LogP contribution in [0.5, 0.6) is 0 Å². The molecule has 0 aliphatic heterocycles. The number of nitrogens with one attached hydrogen (secondary N) is 1. The predicted molar refractivity (Wildman–Crippen MR) is 112 cm³/mol. The smallest absolute Gasteiger partial charge is 0.255 e. The number of halogens is 1. The third-order valence-electron chi connectivity index (χ3n) is 4.37. The van der Waals surface area contributed by atoms with Crippen molar-refractivity contribution in [1.82, 2.24) is 15.1 Å². The summed E-state index contributed by atoms with van der Waals surface area (Å²) in [5, 5.41) is 8.24. The van der Waals surface area contributed by atoms with Crippen molar-refractivity contribution in [3.05, 3.63) is 107 Å². The Morgan fingerprint density at radius 1 is 0.929 bits per heavy atom. The highest BCUT2D eigenvalue weighted by molar-refractivity contribution is 6.30. The first-order valence-electron chi connectivity index (χ1n) is 8.94. The van der Waals surface area contributed by atoms with Crippen molar-refractivity contribution >= 4 is 17.5 Å². The second-order valence-electron chi connectivity index (χ2n) is 6.35. The van der Waals surface area contributed by atoms with E-state index in [-0.39, 0.29) is 5.91 Å². The van der Waals surface area contributed by atoms with Gasteiger partial charge in [0.2, 0.25) is 0 Å². The molecular weight excluding hydrogens is 370 g/mol. The summed E-state index contributed by atoms with van der Waals surface area (Å²) in [6.07, 6.45) is 1.76. The fraction of sp³-hybridized carbons (Fsp3) is 0.0435. The molecule has 0 aliphatic carbocycles. The minimum Gasteiger partial charge on any atom is -0.348 e. The summed E-state index contributed by atoms with van der Waals surface area (Å²) in [7, 11) is 0. The summed E-state index contributed by atoms with van der Waals surface area (Å²) < 4.78 is 1.72. The van der Waals surface area contributed by atoms with E-state index < -0.39 is 0 Å². The summed E-state index contributed by atoms with van der Waals surface area (Å²) >= 11 is 6.16. The molecule has 0 unspecified atom stereocenters. The highest BCUT2D eigenvalue weighted by Crippen LogP contribution is 2.26. The second-order valence-corrected chi connectivity index (χ2v) is 6.79. The number of carbonyl (C=O) groups excluding carboxylic acids is 1. The topological polar surface area (TPSA) is 46.9 Å². The maximum atomic E-state index is 12.9. The van der Waals surface area contributed by atoms with E-state index in [0.29, 0.717) is 22.8 Å². The minimum absolute atomic E-state index is 0.180. The zero-order valence-corrected chi connectivity index (χ0v) is 15.8. The molecule has 0 aliphatic rings. The number of nitrogens with zero attached hydrogens (tertiary/aromatic N) is 2. The van der Waals surface area contributed by atoms with Crippen LogP contribution in [0.4, 0.5) is 0 Å². The lowest BCUT2D eigenvalue weighted by Crippen LogP contribution is -2.23. The molecule has 1 aromatic heterocycles. The standard InChI is InChI=1S/C23H18ClN3O/c24-19-11-7-10-18(14-19)22-21(16-27(26-22)20-12-5-2-6-13-20)23(28)25-15-17-8-3-1-4-9-17/h1-14,16H,15H2,(H,25,28). The molecule has 0 saturated carbocycles. The monoisotopic (exact) mass is 387 g/mol. The lowest BCUT2D eigenvalue weighted by Gasteiger charge is -2.06. The van der Waals surface area contributed by atoms with Crippen molar-refractivity contribution in [3.63, 3.8) is 0 Å². The largest absolute Gasteiger partial charge is 0.348 e. The van der Waals surface area contributed by atoms with E-state index in [9.17, 15) is 4.79 Å². The average Bonchev–Trinajstić information content (AvgIpc) is 3.19. The Kier molecular flexibility index (Phi) is 5.22. The minimum atomic E-state index is -0.180. The number of carbonyl (C=O) groups is 1. The average molecular weight is 388 g/mol. The lowest BCUT2D eigenvalue weighted by atomic mass is 10.1. The van der Waals surface area contributed by atoms with Gasteiger partial charge in [-0.1, -0.05) is 72.3 Å². The number of benzene rings is 3. The van der Waals surface area contributed by atoms with E-state index >= 15 is 0 Å². The number of hydrogen-bond donors (Lipinski definition) is 1. The number of amides is 1. The summed E-state index contributed by atoms with van der Waals surface area (Å²) in [4.78, 5) is 12.9. The molecule has 4 nitrogen and oxygen atoms in total. The number of para-hydroxylation sites is 1. The first kappa shape index (κ1) is 18.0. The Morgan fingerprint density at radius 2 is 1.64 bits per heavy atom. The Bertz CT molecular complexity index is 1090. The maximum absolute atomic E-state index is 12.9. The Balaban J connectivity index is 1.70. The Morgan fingerprint density at radius 3 is 2.36 bits per heavy atom. The van der Waals surface area contributed by atoms with Gasteiger partial charge in [0.25, 0.3) is 5.91 Å². The molecule has 0 bridgehead atoms. The highest BCUT2D eigenvalue weighted by Gasteiger charge is 2.18. The summed E-state index contributed by atoms with van der Waals surface area (Å²) in [5.41, 5.74) is 3.81. The normalized spacial score (nSPS) is 10.6.